The van der Waals surface area contributed by atoms with Crippen molar-refractivity contribution in [3.05, 3.63) is 83.6 Å². The standard InChI is InChI=1S/C26H23ClN6O2/c27-21-10-3-1-9-19(21)23-15-20(18-8-2-4-11-22(18)30-23)25(35)32-31-24(34)17-7-5-14-33(16-17)26-28-12-6-13-29-26/h1-4,6,8-13,15,17H,5,7,14,16H2,(H,31,34)(H,32,35). The topological polar surface area (TPSA) is 100 Å². The number of para-hydroxylation sites is 1. The molecule has 35 heavy (non-hydrogen) atoms. The van der Waals surface area contributed by atoms with Gasteiger partial charge in [0.1, 0.15) is 0 Å². The molecule has 176 valence electrons. The molecule has 1 fully saturated rings. The van der Waals surface area contributed by atoms with Gasteiger partial charge in [0.15, 0.2) is 0 Å². The third-order valence-corrected chi connectivity index (χ3v) is 6.37. The van der Waals surface area contributed by atoms with Crippen molar-refractivity contribution in [3.63, 3.8) is 0 Å². The summed E-state index contributed by atoms with van der Waals surface area (Å²) >= 11 is 6.38. The number of nitrogens with zero attached hydrogens (tertiary/aromatic N) is 4. The first-order chi connectivity index (χ1) is 17.1. The van der Waals surface area contributed by atoms with Crippen molar-refractivity contribution < 1.29 is 9.59 Å². The number of carbonyl (C=O) groups is 2. The van der Waals surface area contributed by atoms with Crippen molar-refractivity contribution in [2.45, 2.75) is 12.8 Å². The minimum absolute atomic E-state index is 0.247. The maximum absolute atomic E-state index is 13.2. The third-order valence-electron chi connectivity index (χ3n) is 6.04. The van der Waals surface area contributed by atoms with Crippen molar-refractivity contribution in [1.29, 1.82) is 0 Å². The van der Waals surface area contributed by atoms with E-state index in [0.717, 1.165) is 24.9 Å². The predicted octanol–water partition coefficient (Wildman–Crippen LogP) is 4.02. The maximum Gasteiger partial charge on any atom is 0.270 e. The molecule has 1 unspecified atom stereocenters. The summed E-state index contributed by atoms with van der Waals surface area (Å²) in [6.45, 7) is 1.27. The molecule has 0 radical (unpaired) electrons. The molecule has 1 aliphatic heterocycles. The van der Waals surface area contributed by atoms with E-state index in [0.29, 0.717) is 39.7 Å². The number of nitrogens with one attached hydrogen (secondary N) is 2. The summed E-state index contributed by atoms with van der Waals surface area (Å²) in [7, 11) is 0. The molecule has 1 atom stereocenters. The molecule has 1 saturated heterocycles. The van der Waals surface area contributed by atoms with Crippen molar-refractivity contribution >= 4 is 40.3 Å². The number of pyridine rings is 1. The highest BCUT2D eigenvalue weighted by molar-refractivity contribution is 6.33. The molecule has 0 spiro atoms. The molecule has 2 aromatic heterocycles. The minimum Gasteiger partial charge on any atom is -0.340 e. The van der Waals surface area contributed by atoms with Crippen LogP contribution in [0.15, 0.2) is 73.1 Å². The van der Waals surface area contributed by atoms with E-state index in [1.165, 1.54) is 0 Å². The lowest BCUT2D eigenvalue weighted by molar-refractivity contribution is -0.126. The van der Waals surface area contributed by atoms with Gasteiger partial charge in [-0.15, -0.1) is 0 Å². The number of rotatable bonds is 4. The number of amides is 2. The van der Waals surface area contributed by atoms with E-state index in [1.807, 2.05) is 47.4 Å². The Bertz CT molecular complexity index is 1380. The molecule has 2 amide bonds. The highest BCUT2D eigenvalue weighted by Crippen LogP contribution is 2.29. The quantitative estimate of drug-likeness (QED) is 0.422. The van der Waals surface area contributed by atoms with Gasteiger partial charge in [0.2, 0.25) is 11.9 Å². The van der Waals surface area contributed by atoms with Gasteiger partial charge in [0.25, 0.3) is 5.91 Å². The first-order valence-corrected chi connectivity index (χ1v) is 11.7. The van der Waals surface area contributed by atoms with Crippen LogP contribution in [-0.2, 0) is 4.79 Å². The predicted molar refractivity (Wildman–Crippen MR) is 135 cm³/mol. The summed E-state index contributed by atoms with van der Waals surface area (Å²) in [5.74, 6) is -0.363. The molecule has 0 aliphatic carbocycles. The SMILES string of the molecule is O=C(NNC(=O)C1CCCN(c2ncccn2)C1)c1cc(-c2ccccc2Cl)nc2ccccc12. The van der Waals surface area contributed by atoms with Crippen LogP contribution in [0.4, 0.5) is 5.95 Å². The molecule has 2 N–H and O–H groups in total. The van der Waals surface area contributed by atoms with Crippen molar-refractivity contribution in [1.82, 2.24) is 25.8 Å². The normalized spacial score (nSPS) is 15.6. The second-order valence-corrected chi connectivity index (χ2v) is 8.74. The van der Waals surface area contributed by atoms with Gasteiger partial charge in [0.05, 0.1) is 22.7 Å². The van der Waals surface area contributed by atoms with Gasteiger partial charge in [-0.05, 0) is 37.1 Å². The van der Waals surface area contributed by atoms with Gasteiger partial charge >= 0.3 is 0 Å². The average Bonchev–Trinajstić information content (AvgIpc) is 2.91. The van der Waals surface area contributed by atoms with Crippen LogP contribution in [0.5, 0.6) is 0 Å². The Morgan fingerprint density at radius 2 is 1.74 bits per heavy atom. The van der Waals surface area contributed by atoms with E-state index in [-0.39, 0.29) is 11.8 Å². The van der Waals surface area contributed by atoms with Crippen LogP contribution in [-0.4, -0.2) is 39.9 Å². The van der Waals surface area contributed by atoms with Gasteiger partial charge < -0.3 is 4.90 Å². The van der Waals surface area contributed by atoms with E-state index >= 15 is 0 Å². The fraction of sp³-hybridized carbons (Fsp3) is 0.192. The molecular weight excluding hydrogens is 464 g/mol. The van der Waals surface area contributed by atoms with Gasteiger partial charge in [-0.25, -0.2) is 15.0 Å². The lowest BCUT2D eigenvalue weighted by atomic mass is 9.97. The number of hydrogen-bond donors (Lipinski definition) is 2. The second-order valence-electron chi connectivity index (χ2n) is 8.33. The van der Waals surface area contributed by atoms with Gasteiger partial charge in [0, 0.05) is 41.5 Å². The second kappa shape index (κ2) is 10.1. The smallest absolute Gasteiger partial charge is 0.270 e. The number of piperidine rings is 1. The zero-order valence-corrected chi connectivity index (χ0v) is 19.6. The highest BCUT2D eigenvalue weighted by atomic mass is 35.5. The highest BCUT2D eigenvalue weighted by Gasteiger charge is 2.27. The molecule has 0 bridgehead atoms. The molecular formula is C26H23ClN6O2. The summed E-state index contributed by atoms with van der Waals surface area (Å²) in [5, 5.41) is 1.22. The van der Waals surface area contributed by atoms with E-state index in [9.17, 15) is 9.59 Å². The number of hydrazine groups is 1. The molecule has 5 rings (SSSR count). The summed E-state index contributed by atoms with van der Waals surface area (Å²) in [5.41, 5.74) is 7.55. The van der Waals surface area contributed by atoms with Crippen molar-refractivity contribution in [2.24, 2.45) is 5.92 Å². The van der Waals surface area contributed by atoms with Crippen molar-refractivity contribution in [3.8, 4) is 11.3 Å². The Kier molecular flexibility index (Phi) is 6.54. The molecule has 0 saturated carbocycles. The first-order valence-electron chi connectivity index (χ1n) is 11.4. The van der Waals surface area contributed by atoms with E-state index in [2.05, 4.69) is 25.8 Å². The fourth-order valence-corrected chi connectivity index (χ4v) is 4.52. The number of hydrogen-bond acceptors (Lipinski definition) is 6. The number of carbonyl (C=O) groups excluding carboxylic acids is 2. The molecule has 9 heteroatoms. The molecule has 8 nitrogen and oxygen atoms in total. The van der Waals surface area contributed by atoms with E-state index < -0.39 is 5.91 Å². The van der Waals surface area contributed by atoms with Crippen molar-refractivity contribution in [2.75, 3.05) is 18.0 Å². The van der Waals surface area contributed by atoms with E-state index in [1.54, 1.807) is 30.6 Å². The van der Waals surface area contributed by atoms with Crippen LogP contribution in [0.25, 0.3) is 22.2 Å². The summed E-state index contributed by atoms with van der Waals surface area (Å²) in [6, 6.07) is 18.2. The summed E-state index contributed by atoms with van der Waals surface area (Å²) in [6.07, 6.45) is 4.92. The molecule has 2 aromatic carbocycles. The fourth-order valence-electron chi connectivity index (χ4n) is 4.29. The number of anilines is 1. The van der Waals surface area contributed by atoms with Crippen LogP contribution in [0.1, 0.15) is 23.2 Å². The Balaban J connectivity index is 1.33. The lowest BCUT2D eigenvalue weighted by Gasteiger charge is -2.31. The zero-order valence-electron chi connectivity index (χ0n) is 18.8. The first kappa shape index (κ1) is 22.7. The molecule has 3 heterocycles. The van der Waals surface area contributed by atoms with Crippen LogP contribution < -0.4 is 15.8 Å². The minimum atomic E-state index is -0.427. The average molecular weight is 487 g/mol. The Hall–Kier alpha value is -4.04. The number of halogens is 1. The van der Waals surface area contributed by atoms with Gasteiger partial charge in [-0.1, -0.05) is 48.0 Å². The summed E-state index contributed by atoms with van der Waals surface area (Å²) in [4.78, 5) is 41.3. The van der Waals surface area contributed by atoms with Gasteiger partial charge in [-0.2, -0.15) is 0 Å². The van der Waals surface area contributed by atoms with Crippen LogP contribution in [0.2, 0.25) is 5.02 Å². The number of fused-ring (bicyclic) bond motifs is 1. The third kappa shape index (κ3) is 4.93. The van der Waals surface area contributed by atoms with Crippen LogP contribution >= 0.6 is 11.6 Å². The van der Waals surface area contributed by atoms with Gasteiger partial charge in [-0.3, -0.25) is 20.4 Å². The Morgan fingerprint density at radius 3 is 2.57 bits per heavy atom. The maximum atomic E-state index is 13.2. The Labute approximate surface area is 207 Å². The summed E-state index contributed by atoms with van der Waals surface area (Å²) < 4.78 is 0. The number of aromatic nitrogens is 3. The Morgan fingerprint density at radius 1 is 0.971 bits per heavy atom. The molecule has 1 aliphatic rings. The zero-order chi connectivity index (χ0) is 24.2. The van der Waals surface area contributed by atoms with E-state index in [4.69, 9.17) is 11.6 Å². The van der Waals surface area contributed by atoms with Crippen LogP contribution in [0.3, 0.4) is 0 Å². The largest absolute Gasteiger partial charge is 0.340 e. The van der Waals surface area contributed by atoms with Crippen LogP contribution in [0, 0.1) is 5.92 Å². The monoisotopic (exact) mass is 486 g/mol. The molecule has 4 aromatic rings. The number of benzene rings is 2. The lowest BCUT2D eigenvalue weighted by Crippen LogP contribution is -2.49.